The lowest BCUT2D eigenvalue weighted by Gasteiger charge is -1.96. The summed E-state index contributed by atoms with van der Waals surface area (Å²) in [6.45, 7) is 4.55. The average molecular weight is 361 g/mol. The van der Waals surface area contributed by atoms with E-state index in [-0.39, 0.29) is 0 Å². The van der Waals surface area contributed by atoms with Crippen LogP contribution in [0.1, 0.15) is 86.1 Å². The zero-order valence-corrected chi connectivity index (χ0v) is 17.0. The number of unbranched alkanes of at least 4 members (excludes halogenated alkanes) is 6. The van der Waals surface area contributed by atoms with Crippen LogP contribution >= 0.6 is 22.7 Å². The van der Waals surface area contributed by atoms with E-state index in [9.17, 15) is 0 Å². The first-order valence-corrected chi connectivity index (χ1v) is 11.4. The first kappa shape index (κ1) is 19.5. The third kappa shape index (κ3) is 7.36. The Morgan fingerprint density at radius 1 is 0.667 bits per heavy atom. The Labute approximate surface area is 156 Å². The van der Waals surface area contributed by atoms with Crippen molar-refractivity contribution < 1.29 is 0 Å². The summed E-state index contributed by atoms with van der Waals surface area (Å²) in [6.07, 6.45) is 17.8. The van der Waals surface area contributed by atoms with Gasteiger partial charge in [-0.15, -0.1) is 22.7 Å². The Morgan fingerprint density at radius 3 is 1.54 bits per heavy atom. The minimum Gasteiger partial charge on any atom is -0.144 e. The molecule has 0 aliphatic rings. The Hall–Kier alpha value is -0.860. The number of hydrogen-bond donors (Lipinski definition) is 0. The lowest BCUT2D eigenvalue weighted by Crippen LogP contribution is -1.82. The summed E-state index contributed by atoms with van der Waals surface area (Å²) < 4.78 is 0. The Kier molecular flexibility index (Phi) is 9.45. The molecule has 0 saturated carbocycles. The van der Waals surface area contributed by atoms with E-state index in [1.807, 2.05) is 22.7 Å². The van der Waals surface area contributed by atoms with Crippen LogP contribution in [0.15, 0.2) is 22.9 Å². The fourth-order valence-corrected chi connectivity index (χ4v) is 4.58. The molecule has 2 heterocycles. The molecule has 2 heteroatoms. The van der Waals surface area contributed by atoms with Crippen molar-refractivity contribution in [3.63, 3.8) is 0 Å². The van der Waals surface area contributed by atoms with E-state index in [2.05, 4.69) is 48.9 Å². The highest BCUT2D eigenvalue weighted by atomic mass is 32.1. The van der Waals surface area contributed by atoms with E-state index >= 15 is 0 Å². The molecule has 0 aromatic carbocycles. The monoisotopic (exact) mass is 360 g/mol. The van der Waals surface area contributed by atoms with Crippen molar-refractivity contribution in [1.82, 2.24) is 0 Å². The second kappa shape index (κ2) is 11.7. The van der Waals surface area contributed by atoms with Gasteiger partial charge in [0, 0.05) is 9.75 Å². The molecule has 0 atom stereocenters. The molecular formula is C22H32S2. The van der Waals surface area contributed by atoms with Crippen LogP contribution < -0.4 is 0 Å². The topological polar surface area (TPSA) is 0 Å². The molecule has 132 valence electrons. The standard InChI is InChI=1S/C22H32S2/c1-3-5-7-9-11-19-15-21(23-17-19)13-14-22-16-20(18-24-22)12-10-8-6-4-2/h13-18H,3-12H2,1-2H3/b14-13+. The maximum atomic E-state index is 2.37. The van der Waals surface area contributed by atoms with Gasteiger partial charge in [0.25, 0.3) is 0 Å². The molecule has 0 bridgehead atoms. The predicted octanol–water partition coefficient (Wildman–Crippen LogP) is 8.23. The molecule has 0 amide bonds. The lowest BCUT2D eigenvalue weighted by molar-refractivity contribution is 0.667. The van der Waals surface area contributed by atoms with Crippen LogP contribution in [0.3, 0.4) is 0 Å². The van der Waals surface area contributed by atoms with E-state index in [1.165, 1.54) is 85.1 Å². The molecule has 0 radical (unpaired) electrons. The van der Waals surface area contributed by atoms with E-state index in [1.54, 1.807) is 0 Å². The molecule has 0 aliphatic carbocycles. The summed E-state index contributed by atoms with van der Waals surface area (Å²) in [6, 6.07) is 4.73. The highest BCUT2D eigenvalue weighted by Gasteiger charge is 2.00. The molecular weight excluding hydrogens is 328 g/mol. The van der Waals surface area contributed by atoms with Crippen molar-refractivity contribution in [2.75, 3.05) is 0 Å². The SMILES string of the molecule is CCCCCCc1csc(/C=C/c2cc(CCCCCC)cs2)c1. The van der Waals surface area contributed by atoms with Gasteiger partial charge in [0.15, 0.2) is 0 Å². The summed E-state index contributed by atoms with van der Waals surface area (Å²) in [7, 11) is 0. The minimum absolute atomic E-state index is 1.24. The highest BCUT2D eigenvalue weighted by molar-refractivity contribution is 7.12. The quantitative estimate of drug-likeness (QED) is 0.334. The van der Waals surface area contributed by atoms with Gasteiger partial charge in [0.05, 0.1) is 0 Å². The third-order valence-electron chi connectivity index (χ3n) is 4.40. The highest BCUT2D eigenvalue weighted by Crippen LogP contribution is 2.23. The molecule has 2 aromatic heterocycles. The van der Waals surface area contributed by atoms with Crippen LogP contribution in [0.4, 0.5) is 0 Å². The second-order valence-corrected chi connectivity index (χ2v) is 8.55. The second-order valence-electron chi connectivity index (χ2n) is 6.67. The van der Waals surface area contributed by atoms with Gasteiger partial charge in [-0.2, -0.15) is 0 Å². The molecule has 0 nitrogen and oxygen atoms in total. The van der Waals surface area contributed by atoms with Crippen molar-refractivity contribution in [3.05, 3.63) is 43.8 Å². The van der Waals surface area contributed by atoms with Crippen molar-refractivity contribution in [2.45, 2.75) is 78.1 Å². The third-order valence-corrected chi connectivity index (χ3v) is 6.29. The molecule has 2 aromatic rings. The van der Waals surface area contributed by atoms with Gasteiger partial charge in [0.1, 0.15) is 0 Å². The van der Waals surface area contributed by atoms with E-state index in [0.717, 1.165) is 0 Å². The smallest absolute Gasteiger partial charge is 0.0273 e. The molecule has 0 unspecified atom stereocenters. The summed E-state index contributed by atoms with van der Waals surface area (Å²) in [5.41, 5.74) is 3.03. The molecule has 0 spiro atoms. The van der Waals surface area contributed by atoms with Crippen LogP contribution in [0.2, 0.25) is 0 Å². The van der Waals surface area contributed by atoms with Crippen LogP contribution in [0.25, 0.3) is 12.2 Å². The Morgan fingerprint density at radius 2 is 1.12 bits per heavy atom. The largest absolute Gasteiger partial charge is 0.144 e. The molecule has 24 heavy (non-hydrogen) atoms. The van der Waals surface area contributed by atoms with Gasteiger partial charge >= 0.3 is 0 Å². The van der Waals surface area contributed by atoms with Gasteiger partial charge in [-0.25, -0.2) is 0 Å². The van der Waals surface area contributed by atoms with Crippen LogP contribution in [0.5, 0.6) is 0 Å². The fourth-order valence-electron chi connectivity index (χ4n) is 2.90. The molecule has 0 N–H and O–H groups in total. The van der Waals surface area contributed by atoms with Crippen molar-refractivity contribution in [1.29, 1.82) is 0 Å². The normalized spacial score (nSPS) is 11.6. The molecule has 0 saturated heterocycles. The lowest BCUT2D eigenvalue weighted by atomic mass is 10.1. The Balaban J connectivity index is 1.76. The van der Waals surface area contributed by atoms with Crippen LogP contribution in [0, 0.1) is 0 Å². The summed E-state index contributed by atoms with van der Waals surface area (Å²) >= 11 is 3.75. The van der Waals surface area contributed by atoms with Crippen LogP contribution in [-0.2, 0) is 12.8 Å². The predicted molar refractivity (Wildman–Crippen MR) is 113 cm³/mol. The number of hydrogen-bond acceptors (Lipinski definition) is 2. The first-order chi connectivity index (χ1) is 11.8. The van der Waals surface area contributed by atoms with Crippen molar-refractivity contribution in [2.24, 2.45) is 0 Å². The van der Waals surface area contributed by atoms with E-state index < -0.39 is 0 Å². The molecule has 0 aliphatic heterocycles. The zero-order valence-electron chi connectivity index (χ0n) is 15.4. The first-order valence-electron chi connectivity index (χ1n) is 9.64. The van der Waals surface area contributed by atoms with Crippen molar-refractivity contribution in [3.8, 4) is 0 Å². The van der Waals surface area contributed by atoms with Gasteiger partial charge < -0.3 is 0 Å². The summed E-state index contributed by atoms with van der Waals surface area (Å²) in [4.78, 5) is 2.77. The van der Waals surface area contributed by atoms with Gasteiger partial charge in [0.2, 0.25) is 0 Å². The maximum absolute atomic E-state index is 2.37. The number of aryl methyl sites for hydroxylation is 2. The maximum Gasteiger partial charge on any atom is 0.0273 e. The van der Waals surface area contributed by atoms with E-state index in [4.69, 9.17) is 0 Å². The van der Waals surface area contributed by atoms with Gasteiger partial charge in [-0.1, -0.05) is 52.4 Å². The average Bonchev–Trinajstić information content (AvgIpc) is 3.23. The van der Waals surface area contributed by atoms with Crippen LogP contribution in [-0.4, -0.2) is 0 Å². The van der Waals surface area contributed by atoms with Gasteiger partial charge in [-0.3, -0.25) is 0 Å². The molecule has 2 rings (SSSR count). The Bertz CT molecular complexity index is 536. The number of thiophene rings is 2. The van der Waals surface area contributed by atoms with E-state index in [0.29, 0.717) is 0 Å². The fraction of sp³-hybridized carbons (Fsp3) is 0.545. The summed E-state index contributed by atoms with van der Waals surface area (Å²) in [5, 5.41) is 4.67. The summed E-state index contributed by atoms with van der Waals surface area (Å²) in [5.74, 6) is 0. The minimum atomic E-state index is 1.24. The zero-order chi connectivity index (χ0) is 17.0. The van der Waals surface area contributed by atoms with Gasteiger partial charge in [-0.05, 0) is 71.9 Å². The number of rotatable bonds is 12. The van der Waals surface area contributed by atoms with Crippen molar-refractivity contribution >= 4 is 34.8 Å². The molecule has 0 fully saturated rings.